The van der Waals surface area contributed by atoms with Crippen LogP contribution in [-0.2, 0) is 10.8 Å². The van der Waals surface area contributed by atoms with Crippen molar-refractivity contribution in [2.75, 3.05) is 6.61 Å². The summed E-state index contributed by atoms with van der Waals surface area (Å²) in [6.07, 6.45) is 9.74. The van der Waals surface area contributed by atoms with Crippen molar-refractivity contribution in [1.82, 2.24) is 0 Å². The molecule has 3 heteroatoms. The lowest BCUT2D eigenvalue weighted by Gasteiger charge is -2.57. The summed E-state index contributed by atoms with van der Waals surface area (Å²) >= 11 is 0. The van der Waals surface area contributed by atoms with Gasteiger partial charge in [-0.3, -0.25) is 4.99 Å². The molecule has 0 radical (unpaired) electrons. The summed E-state index contributed by atoms with van der Waals surface area (Å²) in [5.74, 6) is 3.23. The van der Waals surface area contributed by atoms with E-state index in [1.807, 2.05) is 6.21 Å². The molecule has 3 nitrogen and oxygen atoms in total. The van der Waals surface area contributed by atoms with Crippen LogP contribution in [0.3, 0.4) is 0 Å². The van der Waals surface area contributed by atoms with E-state index in [1.54, 1.807) is 0 Å². The third kappa shape index (κ3) is 3.87. The number of hydrogen-bond donors (Lipinski definition) is 2. The number of rotatable bonds is 5. The molecule has 160 valence electrons. The van der Waals surface area contributed by atoms with Gasteiger partial charge in [-0.25, -0.2) is 0 Å². The molecule has 0 unspecified atom stereocenters. The van der Waals surface area contributed by atoms with Crippen LogP contribution in [0.2, 0.25) is 0 Å². The zero-order valence-corrected chi connectivity index (χ0v) is 18.9. The van der Waals surface area contributed by atoms with Crippen LogP contribution in [0.25, 0.3) is 0 Å². The topological polar surface area (TPSA) is 52.8 Å². The van der Waals surface area contributed by atoms with Crippen LogP contribution in [0, 0.1) is 23.7 Å². The van der Waals surface area contributed by atoms with Gasteiger partial charge in [-0.1, -0.05) is 40.7 Å². The molecule has 29 heavy (non-hydrogen) atoms. The van der Waals surface area contributed by atoms with Gasteiger partial charge in [0.15, 0.2) is 0 Å². The molecule has 0 saturated heterocycles. The highest BCUT2D eigenvalue weighted by Gasteiger charge is 2.52. The van der Waals surface area contributed by atoms with Crippen LogP contribution in [-0.4, -0.2) is 29.1 Å². The number of benzene rings is 1. The molecule has 1 aromatic rings. The van der Waals surface area contributed by atoms with E-state index in [-0.39, 0.29) is 29.4 Å². The minimum atomic E-state index is -0.129. The molecule has 0 spiro atoms. The first-order valence-electron chi connectivity index (χ1n) is 11.6. The molecule has 0 heterocycles. The Kier molecular flexibility index (Phi) is 5.34. The highest BCUT2D eigenvalue weighted by Crippen LogP contribution is 2.62. The predicted octanol–water partition coefficient (Wildman–Crippen LogP) is 5.59. The van der Waals surface area contributed by atoms with Gasteiger partial charge < -0.3 is 10.2 Å². The Morgan fingerprint density at radius 1 is 1.07 bits per heavy atom. The summed E-state index contributed by atoms with van der Waals surface area (Å²) in [4.78, 5) is 4.65. The molecular weight excluding hydrogens is 358 g/mol. The Bertz CT molecular complexity index is 751. The minimum Gasteiger partial charge on any atom is -0.507 e. The summed E-state index contributed by atoms with van der Waals surface area (Å²) in [5.41, 5.74) is 3.43. The summed E-state index contributed by atoms with van der Waals surface area (Å²) in [6.45, 7) is 10.9. The van der Waals surface area contributed by atoms with E-state index in [1.165, 1.54) is 49.7 Å². The van der Waals surface area contributed by atoms with Gasteiger partial charge in [-0.15, -0.1) is 0 Å². The third-order valence-electron chi connectivity index (χ3n) is 7.98. The number of phenolic OH excluding ortho intramolecular Hbond substituents is 1. The molecule has 0 amide bonds. The second-order valence-corrected chi connectivity index (χ2v) is 11.7. The summed E-state index contributed by atoms with van der Waals surface area (Å²) in [7, 11) is 0. The van der Waals surface area contributed by atoms with Gasteiger partial charge in [-0.2, -0.15) is 0 Å². The van der Waals surface area contributed by atoms with Gasteiger partial charge in [0.05, 0.1) is 12.6 Å². The summed E-state index contributed by atoms with van der Waals surface area (Å²) in [5, 5.41) is 21.1. The van der Waals surface area contributed by atoms with Gasteiger partial charge in [0.25, 0.3) is 0 Å². The Labute approximate surface area is 176 Å². The molecule has 2 N–H and O–H groups in total. The zero-order valence-electron chi connectivity index (χ0n) is 18.9. The van der Waals surface area contributed by atoms with Gasteiger partial charge in [-0.05, 0) is 84.7 Å². The van der Waals surface area contributed by atoms with E-state index >= 15 is 0 Å². The standard InChI is InChI=1S/C26H39NO2/c1-16(2)23(15-28)27-14-20-9-21(25(3,4)5)10-22(24(20)29)26-11-17-6-18(12-26)8-19(7-17)13-26/h9-10,14,16-19,23,28-29H,6-8,11-13,15H2,1-5H3/t17?,18?,19?,23-,26?/m0/s1. The maximum Gasteiger partial charge on any atom is 0.128 e. The van der Waals surface area contributed by atoms with E-state index in [0.717, 1.165) is 23.3 Å². The lowest BCUT2D eigenvalue weighted by atomic mass is 9.47. The van der Waals surface area contributed by atoms with Crippen molar-refractivity contribution in [1.29, 1.82) is 0 Å². The minimum absolute atomic E-state index is 0.0156. The van der Waals surface area contributed by atoms with Crippen LogP contribution < -0.4 is 0 Å². The van der Waals surface area contributed by atoms with E-state index in [2.05, 4.69) is 51.7 Å². The second kappa shape index (κ2) is 7.41. The fraction of sp³-hybridized carbons (Fsp3) is 0.731. The largest absolute Gasteiger partial charge is 0.507 e. The average Bonchev–Trinajstić information content (AvgIpc) is 2.60. The summed E-state index contributed by atoms with van der Waals surface area (Å²) < 4.78 is 0. The molecule has 4 fully saturated rings. The number of nitrogens with zero attached hydrogens (tertiary/aromatic N) is 1. The molecule has 4 saturated carbocycles. The van der Waals surface area contributed by atoms with Crippen molar-refractivity contribution >= 4 is 6.21 Å². The summed E-state index contributed by atoms with van der Waals surface area (Å²) in [6, 6.07) is 4.29. The smallest absolute Gasteiger partial charge is 0.128 e. The van der Waals surface area contributed by atoms with Gasteiger partial charge in [0.2, 0.25) is 0 Å². The monoisotopic (exact) mass is 397 g/mol. The van der Waals surface area contributed by atoms with Gasteiger partial charge in [0, 0.05) is 17.3 Å². The van der Waals surface area contributed by atoms with Crippen LogP contribution >= 0.6 is 0 Å². The molecule has 0 aromatic heterocycles. The SMILES string of the molecule is CC(C)[C@H](CO)N=Cc1cc(C(C)(C)C)cc(C23CC4CC(CC(C4)C2)C3)c1O. The van der Waals surface area contributed by atoms with Crippen LogP contribution in [0.1, 0.15) is 89.8 Å². The van der Waals surface area contributed by atoms with E-state index in [9.17, 15) is 10.2 Å². The lowest BCUT2D eigenvalue weighted by Crippen LogP contribution is -2.48. The van der Waals surface area contributed by atoms with E-state index in [0.29, 0.717) is 5.75 Å². The maximum absolute atomic E-state index is 11.4. The molecule has 1 atom stereocenters. The molecule has 4 bridgehead atoms. The highest BCUT2D eigenvalue weighted by molar-refractivity contribution is 5.85. The molecule has 1 aromatic carbocycles. The highest BCUT2D eigenvalue weighted by atomic mass is 16.3. The zero-order chi connectivity index (χ0) is 21.0. The van der Waals surface area contributed by atoms with Crippen LogP contribution in [0.5, 0.6) is 5.75 Å². The average molecular weight is 398 g/mol. The van der Waals surface area contributed by atoms with Crippen molar-refractivity contribution in [3.05, 3.63) is 28.8 Å². The number of aliphatic imine (C=N–C) groups is 1. The van der Waals surface area contributed by atoms with Crippen molar-refractivity contribution in [3.8, 4) is 5.75 Å². The Morgan fingerprint density at radius 3 is 2.07 bits per heavy atom. The Morgan fingerprint density at radius 2 is 1.62 bits per heavy atom. The first-order chi connectivity index (χ1) is 13.6. The molecular formula is C26H39NO2. The number of aliphatic hydroxyl groups excluding tert-OH is 1. The lowest BCUT2D eigenvalue weighted by molar-refractivity contribution is -0.00619. The third-order valence-corrected chi connectivity index (χ3v) is 7.98. The van der Waals surface area contributed by atoms with Crippen molar-refractivity contribution in [2.24, 2.45) is 28.7 Å². The second-order valence-electron chi connectivity index (χ2n) is 11.7. The quantitative estimate of drug-likeness (QED) is 0.636. The normalized spacial score (nSPS) is 32.4. The van der Waals surface area contributed by atoms with Crippen molar-refractivity contribution in [3.63, 3.8) is 0 Å². The van der Waals surface area contributed by atoms with Gasteiger partial charge >= 0.3 is 0 Å². The number of phenols is 1. The first kappa shape index (κ1) is 20.9. The Hall–Kier alpha value is -1.35. The number of aromatic hydroxyl groups is 1. The maximum atomic E-state index is 11.4. The van der Waals surface area contributed by atoms with Crippen LogP contribution in [0.15, 0.2) is 17.1 Å². The fourth-order valence-corrected chi connectivity index (χ4v) is 6.64. The van der Waals surface area contributed by atoms with Gasteiger partial charge in [0.1, 0.15) is 5.75 Å². The molecule has 4 aliphatic rings. The molecule has 4 aliphatic carbocycles. The van der Waals surface area contributed by atoms with Crippen LogP contribution in [0.4, 0.5) is 0 Å². The first-order valence-corrected chi connectivity index (χ1v) is 11.6. The number of hydrogen-bond acceptors (Lipinski definition) is 3. The molecule has 5 rings (SSSR count). The van der Waals surface area contributed by atoms with Crippen molar-refractivity contribution < 1.29 is 10.2 Å². The fourth-order valence-electron chi connectivity index (χ4n) is 6.64. The van der Waals surface area contributed by atoms with Crippen molar-refractivity contribution in [2.45, 2.75) is 90.0 Å². The predicted molar refractivity (Wildman–Crippen MR) is 120 cm³/mol. The number of aliphatic hydroxyl groups is 1. The Balaban J connectivity index is 1.79. The van der Waals surface area contributed by atoms with E-state index < -0.39 is 0 Å². The molecule has 0 aliphatic heterocycles. The van der Waals surface area contributed by atoms with E-state index in [4.69, 9.17) is 0 Å².